The Hall–Kier alpha value is -1.18. The predicted molar refractivity (Wildman–Crippen MR) is 67.2 cm³/mol. The lowest BCUT2D eigenvalue weighted by Gasteiger charge is -2.17. The fourth-order valence-electron chi connectivity index (χ4n) is 1.84. The summed E-state index contributed by atoms with van der Waals surface area (Å²) in [5.41, 5.74) is 1.68. The standard InChI is InChI=1S/C14H22O2/c1-5-9(3)11-7-14(16)12(8-13(11)15)10(4)6-2/h7-10,15-16H,5-6H2,1-4H3. The third kappa shape index (κ3) is 2.49. The van der Waals surface area contributed by atoms with Crippen molar-refractivity contribution in [2.45, 2.75) is 52.4 Å². The van der Waals surface area contributed by atoms with Gasteiger partial charge in [0.05, 0.1) is 0 Å². The molecule has 2 atom stereocenters. The maximum atomic E-state index is 9.95. The van der Waals surface area contributed by atoms with E-state index in [1.165, 1.54) is 0 Å². The van der Waals surface area contributed by atoms with Crippen LogP contribution in [0.1, 0.15) is 63.5 Å². The summed E-state index contributed by atoms with van der Waals surface area (Å²) in [6, 6.07) is 3.43. The summed E-state index contributed by atoms with van der Waals surface area (Å²) in [5.74, 6) is 1.17. The lowest BCUT2D eigenvalue weighted by Crippen LogP contribution is -1.97. The maximum Gasteiger partial charge on any atom is 0.119 e. The average molecular weight is 222 g/mol. The van der Waals surface area contributed by atoms with E-state index in [1.54, 1.807) is 12.1 Å². The molecule has 0 spiro atoms. The molecule has 2 nitrogen and oxygen atoms in total. The van der Waals surface area contributed by atoms with Crippen molar-refractivity contribution in [3.05, 3.63) is 23.3 Å². The van der Waals surface area contributed by atoms with Crippen LogP contribution >= 0.6 is 0 Å². The van der Waals surface area contributed by atoms with Crippen molar-refractivity contribution in [1.82, 2.24) is 0 Å². The highest BCUT2D eigenvalue weighted by molar-refractivity contribution is 5.47. The van der Waals surface area contributed by atoms with Gasteiger partial charge in [-0.2, -0.15) is 0 Å². The van der Waals surface area contributed by atoms with E-state index in [1.807, 2.05) is 0 Å². The van der Waals surface area contributed by atoms with Gasteiger partial charge in [-0.1, -0.05) is 27.7 Å². The topological polar surface area (TPSA) is 40.5 Å². The summed E-state index contributed by atoms with van der Waals surface area (Å²) in [7, 11) is 0. The van der Waals surface area contributed by atoms with E-state index in [4.69, 9.17) is 0 Å². The van der Waals surface area contributed by atoms with Crippen molar-refractivity contribution in [1.29, 1.82) is 0 Å². The molecule has 0 saturated heterocycles. The molecule has 1 aromatic rings. The van der Waals surface area contributed by atoms with E-state index in [-0.39, 0.29) is 11.8 Å². The first-order chi connectivity index (χ1) is 7.51. The third-order valence-corrected chi connectivity index (χ3v) is 3.46. The molecule has 0 aliphatic carbocycles. The molecule has 0 aliphatic heterocycles. The Bertz CT molecular complexity index is 322. The number of rotatable bonds is 4. The number of phenols is 2. The number of hydrogen-bond donors (Lipinski definition) is 2. The summed E-state index contributed by atoms with van der Waals surface area (Å²) < 4.78 is 0. The van der Waals surface area contributed by atoms with Gasteiger partial charge in [0.25, 0.3) is 0 Å². The zero-order chi connectivity index (χ0) is 12.3. The zero-order valence-corrected chi connectivity index (χ0v) is 10.6. The largest absolute Gasteiger partial charge is 0.508 e. The molecule has 1 aromatic carbocycles. The SMILES string of the molecule is CCC(C)c1cc(O)c(C(C)CC)cc1O. The monoisotopic (exact) mass is 222 g/mol. The molecule has 0 aromatic heterocycles. The van der Waals surface area contributed by atoms with Crippen LogP contribution in [0.25, 0.3) is 0 Å². The van der Waals surface area contributed by atoms with E-state index < -0.39 is 0 Å². The minimum atomic E-state index is 0.275. The van der Waals surface area contributed by atoms with E-state index >= 15 is 0 Å². The molecule has 2 unspecified atom stereocenters. The summed E-state index contributed by atoms with van der Waals surface area (Å²) in [6.45, 7) is 8.25. The minimum Gasteiger partial charge on any atom is -0.508 e. The summed E-state index contributed by atoms with van der Waals surface area (Å²) >= 11 is 0. The van der Waals surface area contributed by atoms with E-state index in [0.717, 1.165) is 24.0 Å². The molecule has 90 valence electrons. The van der Waals surface area contributed by atoms with E-state index in [0.29, 0.717) is 11.5 Å². The molecule has 0 aliphatic rings. The number of hydrogen-bond acceptors (Lipinski definition) is 2. The molecule has 0 amide bonds. The maximum absolute atomic E-state index is 9.95. The summed E-state index contributed by atoms with van der Waals surface area (Å²) in [4.78, 5) is 0. The van der Waals surface area contributed by atoms with Gasteiger partial charge in [-0.25, -0.2) is 0 Å². The van der Waals surface area contributed by atoms with Gasteiger partial charge in [0.2, 0.25) is 0 Å². The Morgan fingerprint density at radius 3 is 1.44 bits per heavy atom. The first-order valence-corrected chi connectivity index (χ1v) is 6.06. The molecule has 0 radical (unpaired) electrons. The lowest BCUT2D eigenvalue weighted by atomic mass is 9.91. The first kappa shape index (κ1) is 12.9. The van der Waals surface area contributed by atoms with Gasteiger partial charge < -0.3 is 10.2 Å². The number of phenolic OH excluding ortho intramolecular Hbond substituents is 2. The van der Waals surface area contributed by atoms with Crippen molar-refractivity contribution in [3.63, 3.8) is 0 Å². The molecule has 1 rings (SSSR count). The van der Waals surface area contributed by atoms with Crippen LogP contribution in [0.2, 0.25) is 0 Å². The zero-order valence-electron chi connectivity index (χ0n) is 10.6. The second-order valence-corrected chi connectivity index (χ2v) is 4.59. The van der Waals surface area contributed by atoms with Crippen molar-refractivity contribution >= 4 is 0 Å². The van der Waals surface area contributed by atoms with Crippen LogP contribution < -0.4 is 0 Å². The van der Waals surface area contributed by atoms with Crippen molar-refractivity contribution in [2.24, 2.45) is 0 Å². The van der Waals surface area contributed by atoms with E-state index in [9.17, 15) is 10.2 Å². The van der Waals surface area contributed by atoms with Crippen LogP contribution in [0.15, 0.2) is 12.1 Å². The smallest absolute Gasteiger partial charge is 0.119 e. The van der Waals surface area contributed by atoms with Gasteiger partial charge in [0.15, 0.2) is 0 Å². The first-order valence-electron chi connectivity index (χ1n) is 6.06. The Kier molecular flexibility index (Phi) is 4.22. The van der Waals surface area contributed by atoms with Crippen molar-refractivity contribution in [2.75, 3.05) is 0 Å². The fourth-order valence-corrected chi connectivity index (χ4v) is 1.84. The molecular weight excluding hydrogens is 200 g/mol. The van der Waals surface area contributed by atoms with Gasteiger partial charge in [-0.05, 0) is 36.8 Å². The molecule has 0 fully saturated rings. The molecule has 0 bridgehead atoms. The average Bonchev–Trinajstić information content (AvgIpc) is 2.29. The third-order valence-electron chi connectivity index (χ3n) is 3.46. The second-order valence-electron chi connectivity index (χ2n) is 4.59. The normalized spacial score (nSPS) is 14.8. The van der Waals surface area contributed by atoms with E-state index in [2.05, 4.69) is 27.7 Å². The Labute approximate surface area is 97.9 Å². The van der Waals surface area contributed by atoms with Gasteiger partial charge in [0, 0.05) is 11.1 Å². The van der Waals surface area contributed by atoms with Crippen molar-refractivity contribution in [3.8, 4) is 11.5 Å². The molecule has 2 heteroatoms. The Morgan fingerprint density at radius 2 is 1.19 bits per heavy atom. The van der Waals surface area contributed by atoms with Gasteiger partial charge in [-0.3, -0.25) is 0 Å². The molecule has 16 heavy (non-hydrogen) atoms. The second kappa shape index (κ2) is 5.24. The van der Waals surface area contributed by atoms with Crippen LogP contribution in [0.5, 0.6) is 11.5 Å². The van der Waals surface area contributed by atoms with Crippen LogP contribution in [-0.2, 0) is 0 Å². The number of benzene rings is 1. The Balaban J connectivity index is 3.16. The fraction of sp³-hybridized carbons (Fsp3) is 0.571. The highest BCUT2D eigenvalue weighted by atomic mass is 16.3. The van der Waals surface area contributed by atoms with Crippen LogP contribution in [0, 0.1) is 0 Å². The van der Waals surface area contributed by atoms with Crippen molar-refractivity contribution < 1.29 is 10.2 Å². The van der Waals surface area contributed by atoms with Crippen LogP contribution in [0.3, 0.4) is 0 Å². The van der Waals surface area contributed by atoms with Crippen LogP contribution in [0.4, 0.5) is 0 Å². The highest BCUT2D eigenvalue weighted by Crippen LogP contribution is 2.37. The summed E-state index contributed by atoms with van der Waals surface area (Å²) in [6.07, 6.45) is 1.91. The lowest BCUT2D eigenvalue weighted by molar-refractivity contribution is 0.439. The molecule has 0 heterocycles. The summed E-state index contributed by atoms with van der Waals surface area (Å²) in [5, 5.41) is 19.9. The quantitative estimate of drug-likeness (QED) is 0.752. The molecular formula is C14H22O2. The van der Waals surface area contributed by atoms with Gasteiger partial charge >= 0.3 is 0 Å². The molecule has 0 saturated carbocycles. The molecule has 2 N–H and O–H groups in total. The van der Waals surface area contributed by atoms with Crippen LogP contribution in [-0.4, -0.2) is 10.2 Å². The Morgan fingerprint density at radius 1 is 0.875 bits per heavy atom. The highest BCUT2D eigenvalue weighted by Gasteiger charge is 2.15. The van der Waals surface area contributed by atoms with Gasteiger partial charge in [-0.15, -0.1) is 0 Å². The number of aromatic hydroxyl groups is 2. The predicted octanol–water partition coefficient (Wildman–Crippen LogP) is 4.12. The van der Waals surface area contributed by atoms with Gasteiger partial charge in [0.1, 0.15) is 11.5 Å². The minimum absolute atomic E-state index is 0.275.